The first-order valence-electron chi connectivity index (χ1n) is 7.70. The molecule has 0 radical (unpaired) electrons. The summed E-state index contributed by atoms with van der Waals surface area (Å²) in [6.07, 6.45) is 1.73. The Morgan fingerprint density at radius 2 is 1.92 bits per heavy atom. The molecule has 2 aromatic carbocycles. The van der Waals surface area contributed by atoms with Gasteiger partial charge in [-0.25, -0.2) is 9.37 Å². The van der Waals surface area contributed by atoms with E-state index in [-0.39, 0.29) is 5.82 Å². The van der Waals surface area contributed by atoms with E-state index in [9.17, 15) is 9.65 Å². The Labute approximate surface area is 154 Å². The normalized spacial score (nSPS) is 11.1. The predicted octanol–water partition coefficient (Wildman–Crippen LogP) is 5.03. The smallest absolute Gasteiger partial charge is 0.134 e. The molecule has 1 aromatic heterocycles. The van der Waals surface area contributed by atoms with Crippen molar-refractivity contribution in [3.8, 4) is 28.8 Å². The summed E-state index contributed by atoms with van der Waals surface area (Å²) in [5.74, 6) is 0.978. The largest absolute Gasteiger partial charge is 0.497 e. The minimum atomic E-state index is -0.298. The number of methoxy groups -OCH3 is 2. The molecule has 0 spiro atoms. The number of ether oxygens (including phenoxy) is 2. The third kappa shape index (κ3) is 3.73. The summed E-state index contributed by atoms with van der Waals surface area (Å²) in [5.41, 5.74) is 2.68. The van der Waals surface area contributed by atoms with Crippen LogP contribution in [0.25, 0.3) is 22.9 Å². The fraction of sp³-hybridized carbons (Fsp3) is 0.100. The number of allylic oxidation sites excluding steroid dienone is 1. The van der Waals surface area contributed by atoms with E-state index in [4.69, 9.17) is 9.47 Å². The number of hydrogen-bond donors (Lipinski definition) is 0. The molecule has 130 valence electrons. The molecule has 0 aliphatic rings. The van der Waals surface area contributed by atoms with Crippen LogP contribution in [0.4, 0.5) is 4.39 Å². The highest BCUT2D eigenvalue weighted by Gasteiger charge is 2.11. The van der Waals surface area contributed by atoms with Gasteiger partial charge < -0.3 is 9.47 Å². The monoisotopic (exact) mass is 366 g/mol. The maximum Gasteiger partial charge on any atom is 0.134 e. The molecule has 1 heterocycles. The molecule has 0 unspecified atom stereocenters. The van der Waals surface area contributed by atoms with Crippen molar-refractivity contribution in [1.29, 1.82) is 5.26 Å². The standard InChI is InChI=1S/C20H15FN2O2S/c1-24-17-8-5-14(19(10-17)25-2)9-15(11-22)20-23-18(12-26-20)13-3-6-16(21)7-4-13/h3-10,12H,1-2H3. The Hall–Kier alpha value is -3.17. The van der Waals surface area contributed by atoms with Crippen LogP contribution in [0.5, 0.6) is 11.5 Å². The van der Waals surface area contributed by atoms with Gasteiger partial charge in [-0.1, -0.05) is 0 Å². The third-order valence-electron chi connectivity index (χ3n) is 3.74. The van der Waals surface area contributed by atoms with Crippen molar-refractivity contribution in [2.24, 2.45) is 0 Å². The van der Waals surface area contributed by atoms with Crippen molar-refractivity contribution in [2.45, 2.75) is 0 Å². The van der Waals surface area contributed by atoms with Crippen LogP contribution >= 0.6 is 11.3 Å². The van der Waals surface area contributed by atoms with E-state index >= 15 is 0 Å². The van der Waals surface area contributed by atoms with Crippen LogP contribution in [-0.4, -0.2) is 19.2 Å². The topological polar surface area (TPSA) is 55.1 Å². The van der Waals surface area contributed by atoms with Crippen LogP contribution in [-0.2, 0) is 0 Å². The fourth-order valence-corrected chi connectivity index (χ4v) is 3.18. The summed E-state index contributed by atoms with van der Waals surface area (Å²) in [7, 11) is 3.14. The molecule has 3 rings (SSSR count). The average Bonchev–Trinajstić information content (AvgIpc) is 3.16. The van der Waals surface area contributed by atoms with Crippen LogP contribution in [0.15, 0.2) is 47.8 Å². The molecule has 0 aliphatic heterocycles. The van der Waals surface area contributed by atoms with Crippen molar-refractivity contribution in [1.82, 2.24) is 4.98 Å². The highest BCUT2D eigenvalue weighted by atomic mass is 32.1. The number of nitriles is 1. The first kappa shape index (κ1) is 17.6. The second-order valence-electron chi connectivity index (χ2n) is 5.32. The maximum atomic E-state index is 13.1. The molecule has 3 aromatic rings. The summed E-state index contributed by atoms with van der Waals surface area (Å²) < 4.78 is 23.6. The first-order chi connectivity index (χ1) is 12.6. The zero-order valence-electron chi connectivity index (χ0n) is 14.2. The summed E-state index contributed by atoms with van der Waals surface area (Å²) in [4.78, 5) is 4.51. The van der Waals surface area contributed by atoms with Gasteiger partial charge in [0.2, 0.25) is 0 Å². The Kier molecular flexibility index (Phi) is 5.30. The molecular weight excluding hydrogens is 351 g/mol. The zero-order chi connectivity index (χ0) is 18.5. The van der Waals surface area contributed by atoms with E-state index in [1.807, 2.05) is 11.4 Å². The Morgan fingerprint density at radius 1 is 1.15 bits per heavy atom. The number of rotatable bonds is 5. The van der Waals surface area contributed by atoms with Gasteiger partial charge in [-0.3, -0.25) is 0 Å². The summed E-state index contributed by atoms with van der Waals surface area (Å²) in [6.45, 7) is 0. The predicted molar refractivity (Wildman–Crippen MR) is 101 cm³/mol. The number of nitrogens with zero attached hydrogens (tertiary/aromatic N) is 2. The molecule has 0 amide bonds. The van der Waals surface area contributed by atoms with Gasteiger partial charge >= 0.3 is 0 Å². The number of thiazole rings is 1. The van der Waals surface area contributed by atoms with E-state index in [1.54, 1.807) is 44.6 Å². The first-order valence-corrected chi connectivity index (χ1v) is 8.58. The third-order valence-corrected chi connectivity index (χ3v) is 4.61. The lowest BCUT2D eigenvalue weighted by molar-refractivity contribution is 0.394. The van der Waals surface area contributed by atoms with Crippen molar-refractivity contribution in [3.05, 3.63) is 64.2 Å². The molecule has 0 aliphatic carbocycles. The van der Waals surface area contributed by atoms with Gasteiger partial charge in [-0.05, 0) is 42.5 Å². The zero-order valence-corrected chi connectivity index (χ0v) is 15.0. The highest BCUT2D eigenvalue weighted by molar-refractivity contribution is 7.11. The quantitative estimate of drug-likeness (QED) is 0.594. The molecule has 26 heavy (non-hydrogen) atoms. The molecule has 0 saturated carbocycles. The number of halogens is 1. The van der Waals surface area contributed by atoms with Crippen LogP contribution in [0.2, 0.25) is 0 Å². The highest BCUT2D eigenvalue weighted by Crippen LogP contribution is 2.31. The second-order valence-corrected chi connectivity index (χ2v) is 6.18. The van der Waals surface area contributed by atoms with Crippen LogP contribution in [0.3, 0.4) is 0 Å². The fourth-order valence-electron chi connectivity index (χ4n) is 2.39. The van der Waals surface area contributed by atoms with Crippen LogP contribution < -0.4 is 9.47 Å². The lowest BCUT2D eigenvalue weighted by atomic mass is 10.1. The van der Waals surface area contributed by atoms with Gasteiger partial charge in [0.15, 0.2) is 0 Å². The van der Waals surface area contributed by atoms with Crippen molar-refractivity contribution >= 4 is 23.0 Å². The lowest BCUT2D eigenvalue weighted by Crippen LogP contribution is -1.90. The minimum absolute atomic E-state index is 0.298. The Balaban J connectivity index is 1.96. The van der Waals surface area contributed by atoms with Gasteiger partial charge in [0.05, 0.1) is 25.5 Å². The molecular formula is C20H15FN2O2S. The van der Waals surface area contributed by atoms with E-state index < -0.39 is 0 Å². The SMILES string of the molecule is COc1ccc(C=C(C#N)c2nc(-c3ccc(F)cc3)cs2)c(OC)c1. The Morgan fingerprint density at radius 3 is 2.58 bits per heavy atom. The second kappa shape index (κ2) is 7.81. The Bertz CT molecular complexity index is 988. The van der Waals surface area contributed by atoms with Crippen molar-refractivity contribution < 1.29 is 13.9 Å². The van der Waals surface area contributed by atoms with Crippen molar-refractivity contribution in [2.75, 3.05) is 14.2 Å². The molecule has 0 atom stereocenters. The van der Waals surface area contributed by atoms with Crippen molar-refractivity contribution in [3.63, 3.8) is 0 Å². The number of aromatic nitrogens is 1. The van der Waals surface area contributed by atoms with E-state index in [1.165, 1.54) is 23.5 Å². The number of hydrogen-bond acceptors (Lipinski definition) is 5. The summed E-state index contributed by atoms with van der Waals surface area (Å²) in [5, 5.41) is 12.0. The maximum absolute atomic E-state index is 13.1. The van der Waals surface area contributed by atoms with E-state index in [2.05, 4.69) is 11.1 Å². The van der Waals surface area contributed by atoms with Gasteiger partial charge in [0.25, 0.3) is 0 Å². The van der Waals surface area contributed by atoms with Gasteiger partial charge in [-0.15, -0.1) is 11.3 Å². The van der Waals surface area contributed by atoms with E-state index in [0.29, 0.717) is 27.8 Å². The molecule has 0 fully saturated rings. The molecule has 4 nitrogen and oxygen atoms in total. The van der Waals surface area contributed by atoms with Gasteiger partial charge in [-0.2, -0.15) is 5.26 Å². The van der Waals surface area contributed by atoms with Gasteiger partial charge in [0, 0.05) is 22.6 Å². The van der Waals surface area contributed by atoms with Crippen LogP contribution in [0, 0.1) is 17.1 Å². The molecule has 6 heteroatoms. The lowest BCUT2D eigenvalue weighted by Gasteiger charge is -2.07. The van der Waals surface area contributed by atoms with E-state index in [0.717, 1.165) is 11.1 Å². The average molecular weight is 366 g/mol. The molecule has 0 saturated heterocycles. The summed E-state index contributed by atoms with van der Waals surface area (Å²) in [6, 6.07) is 13.7. The summed E-state index contributed by atoms with van der Waals surface area (Å²) >= 11 is 1.36. The van der Waals surface area contributed by atoms with Gasteiger partial charge in [0.1, 0.15) is 28.4 Å². The van der Waals surface area contributed by atoms with Crippen LogP contribution in [0.1, 0.15) is 10.6 Å². The molecule has 0 N–H and O–H groups in total. The number of benzene rings is 2. The molecule has 0 bridgehead atoms. The minimum Gasteiger partial charge on any atom is -0.497 e.